The average Bonchev–Trinajstić information content (AvgIpc) is 2.89. The Morgan fingerprint density at radius 1 is 1.25 bits per heavy atom. The number of hydrogen-bond donors (Lipinski definition) is 1. The number of nitrogens with one attached hydrogen (secondary N) is 1. The van der Waals surface area contributed by atoms with Crippen LogP contribution in [0.25, 0.3) is 0 Å². The summed E-state index contributed by atoms with van der Waals surface area (Å²) in [7, 11) is 0. The van der Waals surface area contributed by atoms with Crippen LogP contribution in [0.3, 0.4) is 0 Å². The Balaban J connectivity index is 1.54. The molecular formula is C16H31NO3. The topological polar surface area (TPSA) is 39.7 Å². The smallest absolute Gasteiger partial charge is 0.0809 e. The first kappa shape index (κ1) is 16.2. The molecule has 2 rings (SSSR count). The van der Waals surface area contributed by atoms with Crippen molar-refractivity contribution in [2.24, 2.45) is 0 Å². The molecule has 0 aromatic rings. The molecule has 4 nitrogen and oxygen atoms in total. The molecule has 2 aliphatic heterocycles. The fourth-order valence-electron chi connectivity index (χ4n) is 3.32. The Labute approximate surface area is 123 Å². The van der Waals surface area contributed by atoms with E-state index in [1.807, 2.05) is 0 Å². The van der Waals surface area contributed by atoms with Gasteiger partial charge in [0, 0.05) is 19.3 Å². The molecule has 20 heavy (non-hydrogen) atoms. The normalized spacial score (nSPS) is 31.8. The number of ether oxygens (including phenoxy) is 3. The van der Waals surface area contributed by atoms with E-state index in [9.17, 15) is 0 Å². The second-order valence-corrected chi connectivity index (χ2v) is 7.24. The summed E-state index contributed by atoms with van der Waals surface area (Å²) in [6.07, 6.45) is 4.78. The van der Waals surface area contributed by atoms with Crippen LogP contribution in [0.15, 0.2) is 0 Å². The van der Waals surface area contributed by atoms with Gasteiger partial charge in [0.05, 0.1) is 23.9 Å². The van der Waals surface area contributed by atoms with Crippen molar-refractivity contribution in [2.45, 2.75) is 76.7 Å². The van der Waals surface area contributed by atoms with Gasteiger partial charge < -0.3 is 19.5 Å². The van der Waals surface area contributed by atoms with Crippen LogP contribution in [0.5, 0.6) is 0 Å². The lowest BCUT2D eigenvalue weighted by atomic mass is 9.94. The van der Waals surface area contributed by atoms with Gasteiger partial charge in [-0.25, -0.2) is 0 Å². The van der Waals surface area contributed by atoms with Crippen molar-refractivity contribution in [2.75, 3.05) is 26.4 Å². The minimum absolute atomic E-state index is 0.0164. The summed E-state index contributed by atoms with van der Waals surface area (Å²) in [6.45, 7) is 12.1. The lowest BCUT2D eigenvalue weighted by molar-refractivity contribution is -0.0698. The van der Waals surface area contributed by atoms with Crippen LogP contribution < -0.4 is 5.32 Å². The SMILES string of the molecule is CC1(C)CC(NCCCOCC2CCCO2)C(C)(C)O1. The second kappa shape index (κ2) is 6.73. The van der Waals surface area contributed by atoms with Gasteiger partial charge in [0.25, 0.3) is 0 Å². The minimum Gasteiger partial charge on any atom is -0.379 e. The average molecular weight is 285 g/mol. The van der Waals surface area contributed by atoms with Crippen molar-refractivity contribution in [1.29, 1.82) is 0 Å². The first-order chi connectivity index (χ1) is 9.39. The standard InChI is InChI=1S/C16H31NO3/c1-15(2)11-14(16(3,4)20-15)17-8-6-9-18-12-13-7-5-10-19-13/h13-14,17H,5-12H2,1-4H3. The Hall–Kier alpha value is -0.160. The molecule has 0 aromatic heterocycles. The summed E-state index contributed by atoms with van der Waals surface area (Å²) in [5, 5.41) is 3.62. The van der Waals surface area contributed by atoms with Crippen molar-refractivity contribution in [3.05, 3.63) is 0 Å². The Morgan fingerprint density at radius 2 is 2.05 bits per heavy atom. The van der Waals surface area contributed by atoms with E-state index < -0.39 is 0 Å². The van der Waals surface area contributed by atoms with Crippen LogP contribution in [-0.2, 0) is 14.2 Å². The molecule has 0 spiro atoms. The van der Waals surface area contributed by atoms with Gasteiger partial charge in [-0.2, -0.15) is 0 Å². The molecule has 0 bridgehead atoms. The third-order valence-electron chi connectivity index (χ3n) is 4.26. The lowest BCUT2D eigenvalue weighted by Crippen LogP contribution is -2.43. The van der Waals surface area contributed by atoms with Crippen molar-refractivity contribution in [3.8, 4) is 0 Å². The fraction of sp³-hybridized carbons (Fsp3) is 1.00. The first-order valence-electron chi connectivity index (χ1n) is 8.02. The molecule has 0 saturated carbocycles. The molecule has 2 saturated heterocycles. The monoisotopic (exact) mass is 285 g/mol. The number of hydrogen-bond acceptors (Lipinski definition) is 4. The van der Waals surface area contributed by atoms with E-state index in [1.165, 1.54) is 6.42 Å². The van der Waals surface area contributed by atoms with Gasteiger partial charge in [-0.1, -0.05) is 0 Å². The largest absolute Gasteiger partial charge is 0.379 e. The Kier molecular flexibility index (Phi) is 5.46. The molecule has 2 fully saturated rings. The van der Waals surface area contributed by atoms with Gasteiger partial charge >= 0.3 is 0 Å². The van der Waals surface area contributed by atoms with Crippen LogP contribution in [0.1, 0.15) is 53.4 Å². The van der Waals surface area contributed by atoms with Crippen molar-refractivity contribution >= 4 is 0 Å². The van der Waals surface area contributed by atoms with Crippen LogP contribution in [0, 0.1) is 0 Å². The number of rotatable bonds is 7. The highest BCUT2D eigenvalue weighted by Crippen LogP contribution is 2.37. The zero-order chi connectivity index (χ0) is 14.6. The van der Waals surface area contributed by atoms with Crippen LogP contribution >= 0.6 is 0 Å². The molecule has 2 aliphatic rings. The van der Waals surface area contributed by atoms with E-state index in [2.05, 4.69) is 33.0 Å². The van der Waals surface area contributed by atoms with E-state index in [4.69, 9.17) is 14.2 Å². The molecule has 2 atom stereocenters. The lowest BCUT2D eigenvalue weighted by Gasteiger charge is -2.27. The van der Waals surface area contributed by atoms with Crippen molar-refractivity contribution in [1.82, 2.24) is 5.32 Å². The predicted molar refractivity (Wildman–Crippen MR) is 80.1 cm³/mol. The molecule has 0 radical (unpaired) electrons. The van der Waals surface area contributed by atoms with E-state index in [-0.39, 0.29) is 11.2 Å². The summed E-state index contributed by atoms with van der Waals surface area (Å²) in [4.78, 5) is 0. The van der Waals surface area contributed by atoms with Crippen molar-refractivity contribution in [3.63, 3.8) is 0 Å². The molecule has 0 aromatic carbocycles. The second-order valence-electron chi connectivity index (χ2n) is 7.24. The third-order valence-corrected chi connectivity index (χ3v) is 4.26. The van der Waals surface area contributed by atoms with E-state index in [0.717, 1.165) is 45.6 Å². The third kappa shape index (κ3) is 4.69. The molecule has 2 unspecified atom stereocenters. The van der Waals surface area contributed by atoms with Crippen molar-refractivity contribution < 1.29 is 14.2 Å². The maximum absolute atomic E-state index is 6.08. The molecule has 118 valence electrons. The molecule has 1 N–H and O–H groups in total. The summed E-state index contributed by atoms with van der Waals surface area (Å²) < 4.78 is 17.3. The highest BCUT2D eigenvalue weighted by atomic mass is 16.5. The summed E-state index contributed by atoms with van der Waals surface area (Å²) in [6, 6.07) is 0.427. The van der Waals surface area contributed by atoms with Gasteiger partial charge in [0.1, 0.15) is 0 Å². The first-order valence-corrected chi connectivity index (χ1v) is 8.02. The minimum atomic E-state index is -0.0813. The predicted octanol–water partition coefficient (Wildman–Crippen LogP) is 2.51. The van der Waals surface area contributed by atoms with Gasteiger partial charge in [0.2, 0.25) is 0 Å². The Bertz CT molecular complexity index is 298. The summed E-state index contributed by atoms with van der Waals surface area (Å²) in [5.74, 6) is 0. The molecule has 2 heterocycles. The fourth-order valence-corrected chi connectivity index (χ4v) is 3.32. The molecule has 0 amide bonds. The van der Waals surface area contributed by atoms with Gasteiger partial charge in [-0.15, -0.1) is 0 Å². The zero-order valence-electron chi connectivity index (χ0n) is 13.5. The van der Waals surface area contributed by atoms with E-state index >= 15 is 0 Å². The zero-order valence-corrected chi connectivity index (χ0v) is 13.5. The van der Waals surface area contributed by atoms with Crippen LogP contribution in [0.2, 0.25) is 0 Å². The summed E-state index contributed by atoms with van der Waals surface area (Å²) in [5.41, 5.74) is -0.0977. The van der Waals surface area contributed by atoms with Gasteiger partial charge in [-0.3, -0.25) is 0 Å². The highest BCUT2D eigenvalue weighted by molar-refractivity contribution is 4.98. The molecule has 4 heteroatoms. The summed E-state index contributed by atoms with van der Waals surface area (Å²) >= 11 is 0. The van der Waals surface area contributed by atoms with Crippen LogP contribution in [-0.4, -0.2) is 49.7 Å². The van der Waals surface area contributed by atoms with E-state index in [0.29, 0.717) is 12.1 Å². The van der Waals surface area contributed by atoms with E-state index in [1.54, 1.807) is 0 Å². The van der Waals surface area contributed by atoms with Gasteiger partial charge in [0.15, 0.2) is 0 Å². The van der Waals surface area contributed by atoms with Gasteiger partial charge in [-0.05, 0) is 59.9 Å². The molecular weight excluding hydrogens is 254 g/mol. The van der Waals surface area contributed by atoms with Crippen LogP contribution in [0.4, 0.5) is 0 Å². The quantitative estimate of drug-likeness (QED) is 0.730. The molecule has 0 aliphatic carbocycles. The maximum atomic E-state index is 6.08. The maximum Gasteiger partial charge on any atom is 0.0809 e. The highest BCUT2D eigenvalue weighted by Gasteiger charge is 2.45. The Morgan fingerprint density at radius 3 is 2.65 bits per heavy atom.